The van der Waals surface area contributed by atoms with Gasteiger partial charge in [0, 0.05) is 36.3 Å². The van der Waals surface area contributed by atoms with Crippen LogP contribution in [-0.2, 0) is 10.3 Å². The number of hydrogen-bond acceptors (Lipinski definition) is 7. The van der Waals surface area contributed by atoms with Gasteiger partial charge in [-0.2, -0.15) is 4.98 Å². The summed E-state index contributed by atoms with van der Waals surface area (Å²) in [7, 11) is 0. The van der Waals surface area contributed by atoms with E-state index in [4.69, 9.17) is 19.7 Å². The summed E-state index contributed by atoms with van der Waals surface area (Å²) in [5.74, 6) is 2.10. The first-order valence-electron chi connectivity index (χ1n) is 9.38. The SMILES string of the molecule is CCOC1CC(N)(c2nc(-c3ccc(Oc4ccccc4)nc3)no2)C1(C)C. The molecule has 7 heteroatoms. The molecule has 0 spiro atoms. The molecule has 0 saturated heterocycles. The second-order valence-corrected chi connectivity index (χ2v) is 7.56. The van der Waals surface area contributed by atoms with Crippen molar-refractivity contribution in [2.75, 3.05) is 6.61 Å². The second-order valence-electron chi connectivity index (χ2n) is 7.56. The summed E-state index contributed by atoms with van der Waals surface area (Å²) in [5, 5.41) is 4.10. The number of rotatable bonds is 6. The van der Waals surface area contributed by atoms with Crippen LogP contribution in [0.1, 0.15) is 33.1 Å². The number of nitrogens with two attached hydrogens (primary N) is 1. The predicted molar refractivity (Wildman–Crippen MR) is 104 cm³/mol. The highest BCUT2D eigenvalue weighted by atomic mass is 16.5. The quantitative estimate of drug-likeness (QED) is 0.692. The molecule has 1 aliphatic carbocycles. The molecule has 7 nitrogen and oxygen atoms in total. The summed E-state index contributed by atoms with van der Waals surface area (Å²) in [6.45, 7) is 6.77. The van der Waals surface area contributed by atoms with Gasteiger partial charge < -0.3 is 19.7 Å². The lowest BCUT2D eigenvalue weighted by Crippen LogP contribution is -2.67. The fraction of sp³-hybridized carbons (Fsp3) is 0.381. The van der Waals surface area contributed by atoms with Gasteiger partial charge in [0.2, 0.25) is 17.6 Å². The van der Waals surface area contributed by atoms with Crippen molar-refractivity contribution in [3.63, 3.8) is 0 Å². The number of ether oxygens (including phenoxy) is 2. The van der Waals surface area contributed by atoms with Crippen molar-refractivity contribution < 1.29 is 14.0 Å². The molecule has 4 rings (SSSR count). The van der Waals surface area contributed by atoms with E-state index >= 15 is 0 Å². The molecule has 1 fully saturated rings. The van der Waals surface area contributed by atoms with Gasteiger partial charge in [-0.1, -0.05) is 37.2 Å². The Morgan fingerprint density at radius 3 is 2.61 bits per heavy atom. The minimum Gasteiger partial charge on any atom is -0.439 e. The van der Waals surface area contributed by atoms with Gasteiger partial charge in [0.1, 0.15) is 11.3 Å². The Morgan fingerprint density at radius 2 is 1.96 bits per heavy atom. The summed E-state index contributed by atoms with van der Waals surface area (Å²) < 4.78 is 17.0. The van der Waals surface area contributed by atoms with Gasteiger partial charge in [0.25, 0.3) is 0 Å². The van der Waals surface area contributed by atoms with Gasteiger partial charge in [0.15, 0.2) is 0 Å². The number of nitrogens with zero attached hydrogens (tertiary/aromatic N) is 3. The molecule has 0 radical (unpaired) electrons. The van der Waals surface area contributed by atoms with Crippen LogP contribution < -0.4 is 10.5 Å². The Labute approximate surface area is 163 Å². The molecule has 3 aromatic rings. The summed E-state index contributed by atoms with van der Waals surface area (Å²) in [4.78, 5) is 8.86. The highest BCUT2D eigenvalue weighted by Crippen LogP contribution is 2.55. The molecule has 28 heavy (non-hydrogen) atoms. The average molecular weight is 380 g/mol. The molecule has 146 valence electrons. The van der Waals surface area contributed by atoms with Crippen molar-refractivity contribution in [1.82, 2.24) is 15.1 Å². The van der Waals surface area contributed by atoms with Gasteiger partial charge >= 0.3 is 0 Å². The molecule has 0 aliphatic heterocycles. The van der Waals surface area contributed by atoms with E-state index in [1.54, 1.807) is 12.3 Å². The van der Waals surface area contributed by atoms with Crippen LogP contribution in [-0.4, -0.2) is 27.8 Å². The lowest BCUT2D eigenvalue weighted by Gasteiger charge is -2.56. The zero-order chi connectivity index (χ0) is 19.8. The Morgan fingerprint density at radius 1 is 1.18 bits per heavy atom. The number of aromatic nitrogens is 3. The molecule has 2 atom stereocenters. The monoisotopic (exact) mass is 380 g/mol. The molecule has 0 amide bonds. The molecular formula is C21H24N4O3. The predicted octanol–water partition coefficient (Wildman–Crippen LogP) is 3.91. The number of hydrogen-bond donors (Lipinski definition) is 1. The minimum atomic E-state index is -0.706. The van der Waals surface area contributed by atoms with Crippen LogP contribution in [0.4, 0.5) is 0 Å². The maximum absolute atomic E-state index is 6.61. The van der Waals surface area contributed by atoms with E-state index < -0.39 is 5.54 Å². The van der Waals surface area contributed by atoms with E-state index in [-0.39, 0.29) is 11.5 Å². The van der Waals surface area contributed by atoms with Gasteiger partial charge in [-0.05, 0) is 25.1 Å². The zero-order valence-corrected chi connectivity index (χ0v) is 16.3. The van der Waals surface area contributed by atoms with Crippen molar-refractivity contribution in [1.29, 1.82) is 0 Å². The van der Waals surface area contributed by atoms with E-state index in [2.05, 4.69) is 29.0 Å². The molecule has 2 aromatic heterocycles. The first-order chi connectivity index (χ1) is 13.4. The van der Waals surface area contributed by atoms with Gasteiger partial charge in [-0.3, -0.25) is 0 Å². The van der Waals surface area contributed by atoms with Gasteiger partial charge in [-0.15, -0.1) is 0 Å². The summed E-state index contributed by atoms with van der Waals surface area (Å²) in [5.41, 5.74) is 6.35. The molecule has 2 N–H and O–H groups in total. The first kappa shape index (κ1) is 18.6. The Balaban J connectivity index is 1.50. The molecule has 0 bridgehead atoms. The van der Waals surface area contributed by atoms with E-state index in [9.17, 15) is 0 Å². The van der Waals surface area contributed by atoms with Crippen molar-refractivity contribution >= 4 is 0 Å². The smallest absolute Gasteiger partial charge is 0.247 e. The molecule has 2 heterocycles. The first-order valence-corrected chi connectivity index (χ1v) is 9.38. The van der Waals surface area contributed by atoms with Crippen LogP contribution in [0.2, 0.25) is 0 Å². The minimum absolute atomic E-state index is 0.0777. The number of benzene rings is 1. The van der Waals surface area contributed by atoms with Crippen LogP contribution >= 0.6 is 0 Å². The van der Waals surface area contributed by atoms with Crippen LogP contribution in [0.3, 0.4) is 0 Å². The summed E-state index contributed by atoms with van der Waals surface area (Å²) in [6.07, 6.45) is 2.39. The Bertz CT molecular complexity index is 940. The molecule has 1 saturated carbocycles. The fourth-order valence-electron chi connectivity index (χ4n) is 3.50. The van der Waals surface area contributed by atoms with Crippen LogP contribution in [0, 0.1) is 5.41 Å². The Kier molecular flexibility index (Phi) is 4.64. The van der Waals surface area contributed by atoms with E-state index in [0.29, 0.717) is 30.6 Å². The fourth-order valence-corrected chi connectivity index (χ4v) is 3.50. The van der Waals surface area contributed by atoms with Gasteiger partial charge in [-0.25, -0.2) is 4.98 Å². The van der Waals surface area contributed by atoms with E-state index in [1.165, 1.54) is 0 Å². The van der Waals surface area contributed by atoms with Gasteiger partial charge in [0.05, 0.1) is 6.10 Å². The molecule has 2 unspecified atom stereocenters. The lowest BCUT2D eigenvalue weighted by molar-refractivity contribution is -0.162. The molecular weight excluding hydrogens is 356 g/mol. The van der Waals surface area contributed by atoms with Crippen molar-refractivity contribution in [2.24, 2.45) is 11.1 Å². The molecule has 1 aromatic carbocycles. The highest BCUT2D eigenvalue weighted by Gasteiger charge is 2.62. The third-order valence-electron chi connectivity index (χ3n) is 5.60. The lowest BCUT2D eigenvalue weighted by atomic mass is 9.54. The van der Waals surface area contributed by atoms with Crippen molar-refractivity contribution in [3.05, 3.63) is 54.6 Å². The maximum atomic E-state index is 6.61. The third-order valence-corrected chi connectivity index (χ3v) is 5.60. The van der Waals surface area contributed by atoms with Crippen LogP contribution in [0.5, 0.6) is 11.6 Å². The normalized spacial score (nSPS) is 23.2. The van der Waals surface area contributed by atoms with Crippen LogP contribution in [0.25, 0.3) is 11.4 Å². The van der Waals surface area contributed by atoms with Crippen molar-refractivity contribution in [3.8, 4) is 23.0 Å². The topological polar surface area (TPSA) is 96.3 Å². The zero-order valence-electron chi connectivity index (χ0n) is 16.3. The van der Waals surface area contributed by atoms with Crippen LogP contribution in [0.15, 0.2) is 53.2 Å². The maximum Gasteiger partial charge on any atom is 0.247 e. The van der Waals surface area contributed by atoms with Crippen molar-refractivity contribution in [2.45, 2.75) is 38.8 Å². The molecule has 1 aliphatic rings. The third kappa shape index (κ3) is 3.06. The Hall–Kier alpha value is -2.77. The number of pyridine rings is 1. The largest absolute Gasteiger partial charge is 0.439 e. The van der Waals surface area contributed by atoms with E-state index in [0.717, 1.165) is 11.3 Å². The highest BCUT2D eigenvalue weighted by molar-refractivity contribution is 5.53. The average Bonchev–Trinajstić information content (AvgIpc) is 3.19. The van der Waals surface area contributed by atoms with E-state index in [1.807, 2.05) is 43.3 Å². The second kappa shape index (κ2) is 7.00. The summed E-state index contributed by atoms with van der Waals surface area (Å²) >= 11 is 0. The standard InChI is InChI=1S/C21H24N4O3/c1-4-26-16-12-21(22,20(16,2)3)19-24-18(25-28-19)14-10-11-17(23-13-14)27-15-8-6-5-7-9-15/h5-11,13,16H,4,12,22H2,1-3H3. The summed E-state index contributed by atoms with van der Waals surface area (Å²) in [6, 6.07) is 13.1. The number of para-hydroxylation sites is 1.